The van der Waals surface area contributed by atoms with E-state index in [9.17, 15) is 9.59 Å². The van der Waals surface area contributed by atoms with Crippen molar-refractivity contribution in [2.24, 2.45) is 0 Å². The van der Waals surface area contributed by atoms with E-state index in [1.807, 2.05) is 12.2 Å². The van der Waals surface area contributed by atoms with E-state index in [1.165, 1.54) is 103 Å². The van der Waals surface area contributed by atoms with Gasteiger partial charge in [-0.3, -0.25) is 9.59 Å². The molecule has 0 aromatic heterocycles. The maximum atomic E-state index is 12.8. The van der Waals surface area contributed by atoms with Gasteiger partial charge in [0.2, 0.25) is 0 Å². The predicted molar refractivity (Wildman–Crippen MR) is 279 cm³/mol. The number of rotatable bonds is 47. The van der Waals surface area contributed by atoms with Crippen molar-refractivity contribution in [1.29, 1.82) is 0 Å². The summed E-state index contributed by atoms with van der Waals surface area (Å²) in [5, 5.41) is 0. The number of carbonyl (C=O) groups is 2. The van der Waals surface area contributed by atoms with Gasteiger partial charge < -0.3 is 14.2 Å². The van der Waals surface area contributed by atoms with Crippen molar-refractivity contribution in [2.45, 2.75) is 232 Å². The van der Waals surface area contributed by atoms with Gasteiger partial charge in [0.1, 0.15) is 6.61 Å². The zero-order chi connectivity index (χ0) is 46.3. The Balaban J connectivity index is 4.38. The average Bonchev–Trinajstić information content (AvgIpc) is 3.30. The van der Waals surface area contributed by atoms with Crippen LogP contribution in [0.25, 0.3) is 0 Å². The van der Waals surface area contributed by atoms with Crippen LogP contribution in [0, 0.1) is 0 Å². The van der Waals surface area contributed by atoms with Gasteiger partial charge in [-0.25, -0.2) is 0 Å². The van der Waals surface area contributed by atoms with Gasteiger partial charge in [0.15, 0.2) is 6.10 Å². The second kappa shape index (κ2) is 53.9. The molecule has 0 aliphatic heterocycles. The molecule has 0 bridgehead atoms. The topological polar surface area (TPSA) is 61.8 Å². The fraction of sp³-hybridized carbons (Fsp3) is 0.661. The zero-order valence-corrected chi connectivity index (χ0v) is 41.8. The van der Waals surface area contributed by atoms with Crippen LogP contribution < -0.4 is 0 Å². The highest BCUT2D eigenvalue weighted by atomic mass is 16.6. The molecule has 0 heterocycles. The Hall–Kier alpha value is -3.44. The maximum Gasteiger partial charge on any atom is 0.309 e. The Kier molecular flexibility index (Phi) is 51.0. The van der Waals surface area contributed by atoms with Crippen LogP contribution in [0.15, 0.2) is 109 Å². The minimum absolute atomic E-state index is 0.0133. The normalized spacial score (nSPS) is 13.1. The van der Waals surface area contributed by atoms with Crippen LogP contribution in [0.3, 0.4) is 0 Å². The molecule has 1 atom stereocenters. The highest BCUT2D eigenvalue weighted by molar-refractivity contribution is 5.71. The molecule has 0 aliphatic carbocycles. The molecule has 1 unspecified atom stereocenters. The number of hydrogen-bond acceptors (Lipinski definition) is 5. The van der Waals surface area contributed by atoms with Crippen molar-refractivity contribution < 1.29 is 23.8 Å². The second-order valence-corrected chi connectivity index (χ2v) is 17.0. The lowest BCUT2D eigenvalue weighted by Gasteiger charge is -2.18. The first-order valence-corrected chi connectivity index (χ1v) is 26.4. The third kappa shape index (κ3) is 51.2. The van der Waals surface area contributed by atoms with Crippen LogP contribution in [0.1, 0.15) is 226 Å². The van der Waals surface area contributed by atoms with Crippen LogP contribution in [0.2, 0.25) is 0 Å². The van der Waals surface area contributed by atoms with Gasteiger partial charge >= 0.3 is 11.9 Å². The predicted octanol–water partition coefficient (Wildman–Crippen LogP) is 18.0. The van der Waals surface area contributed by atoms with Crippen LogP contribution >= 0.6 is 0 Å². The van der Waals surface area contributed by atoms with Gasteiger partial charge in [0, 0.05) is 13.0 Å². The zero-order valence-electron chi connectivity index (χ0n) is 41.8. The molecule has 0 radical (unpaired) electrons. The van der Waals surface area contributed by atoms with Crippen molar-refractivity contribution in [1.82, 2.24) is 0 Å². The molecule has 0 fully saturated rings. The summed E-state index contributed by atoms with van der Waals surface area (Å²) in [4.78, 5) is 25.3. The van der Waals surface area contributed by atoms with Gasteiger partial charge in [-0.15, -0.1) is 0 Å². The number of esters is 2. The molecule has 0 aromatic rings. The quantitative estimate of drug-likeness (QED) is 0.0346. The highest BCUT2D eigenvalue weighted by Crippen LogP contribution is 2.13. The Morgan fingerprint density at radius 2 is 0.750 bits per heavy atom. The van der Waals surface area contributed by atoms with E-state index in [0.717, 1.165) is 89.9 Å². The average molecular weight is 887 g/mol. The Bertz CT molecular complexity index is 1280. The lowest BCUT2D eigenvalue weighted by Crippen LogP contribution is -2.30. The maximum absolute atomic E-state index is 12.8. The molecule has 0 spiro atoms. The lowest BCUT2D eigenvalue weighted by molar-refractivity contribution is -0.162. The molecule has 5 heteroatoms. The summed E-state index contributed by atoms with van der Waals surface area (Å²) in [6.45, 7) is 7.45. The molecule has 0 amide bonds. The van der Waals surface area contributed by atoms with E-state index >= 15 is 0 Å². The lowest BCUT2D eigenvalue weighted by atomic mass is 10.1. The molecule has 0 aromatic carbocycles. The van der Waals surface area contributed by atoms with Crippen LogP contribution in [0.5, 0.6) is 0 Å². The molecular formula is C59H98O5. The van der Waals surface area contributed by atoms with Crippen LogP contribution in [-0.2, 0) is 23.8 Å². The van der Waals surface area contributed by atoms with Gasteiger partial charge in [0.05, 0.1) is 13.0 Å². The molecule has 64 heavy (non-hydrogen) atoms. The van der Waals surface area contributed by atoms with Gasteiger partial charge in [-0.2, -0.15) is 0 Å². The van der Waals surface area contributed by atoms with Gasteiger partial charge in [0.25, 0.3) is 0 Å². The van der Waals surface area contributed by atoms with Crippen LogP contribution in [-0.4, -0.2) is 37.9 Å². The first kappa shape index (κ1) is 60.6. The standard InChI is InChI=1S/C59H98O5/c1-4-7-10-13-16-19-22-25-27-28-29-30-31-33-36-39-42-45-48-51-54-62-55-57(64-59(61)53-50-47-44-41-38-34-24-21-18-15-12-9-6-3)56-63-58(60)52-49-46-43-40-37-35-32-26-23-20-17-14-11-8-5-2/h8-9,11-12,17-18,20-21,25-27,32,34,37-38,40,46,49,57H,4-7,10,13-16,19,22-24,28-31,33,35-36,39,41-45,47-48,50-56H2,1-3H3/b11-8-,12-9-,20-17-,21-18-,27-25-,32-26-,38-34-,40-37-,49-46-. The number of allylic oxidation sites excluding steroid dienone is 17. The van der Waals surface area contributed by atoms with E-state index in [4.69, 9.17) is 14.2 Å². The van der Waals surface area contributed by atoms with Crippen molar-refractivity contribution in [2.75, 3.05) is 19.8 Å². The fourth-order valence-corrected chi connectivity index (χ4v) is 6.94. The third-order valence-corrected chi connectivity index (χ3v) is 10.8. The van der Waals surface area contributed by atoms with Gasteiger partial charge in [-0.05, 0) is 103 Å². The van der Waals surface area contributed by atoms with E-state index < -0.39 is 6.10 Å². The molecule has 5 nitrogen and oxygen atoms in total. The minimum Gasteiger partial charge on any atom is -0.461 e. The number of hydrogen-bond donors (Lipinski definition) is 0. The molecular weight excluding hydrogens is 789 g/mol. The van der Waals surface area contributed by atoms with Gasteiger partial charge in [-0.1, -0.05) is 220 Å². The molecule has 364 valence electrons. The summed E-state index contributed by atoms with van der Waals surface area (Å²) in [7, 11) is 0. The molecule has 0 aliphatic rings. The number of carbonyl (C=O) groups excluding carboxylic acids is 2. The molecule has 0 saturated heterocycles. The van der Waals surface area contributed by atoms with Crippen LogP contribution in [0.4, 0.5) is 0 Å². The summed E-state index contributed by atoms with van der Waals surface area (Å²) in [6.07, 6.45) is 74.2. The first-order valence-electron chi connectivity index (χ1n) is 26.4. The number of unbranched alkanes of at least 4 members (excludes halogenated alkanes) is 19. The summed E-state index contributed by atoms with van der Waals surface area (Å²) in [6, 6.07) is 0. The summed E-state index contributed by atoms with van der Waals surface area (Å²) >= 11 is 0. The number of ether oxygens (including phenoxy) is 3. The summed E-state index contributed by atoms with van der Waals surface area (Å²) < 4.78 is 17.3. The molecule has 0 rings (SSSR count). The first-order chi connectivity index (χ1) is 31.6. The van der Waals surface area contributed by atoms with E-state index in [1.54, 1.807) is 0 Å². The third-order valence-electron chi connectivity index (χ3n) is 10.8. The SMILES string of the molecule is CC/C=C\C/C=C\C/C=C\C/C=C\C/C=C\CC(=O)OCC(COCCCCCCCCCCCC/C=C\CCCCCCCC)OC(=O)CCCCC/C=C\C/C=C\C/C=C\CC. The minimum atomic E-state index is -0.598. The Morgan fingerprint density at radius 3 is 1.22 bits per heavy atom. The van der Waals surface area contributed by atoms with Crippen molar-refractivity contribution >= 4 is 11.9 Å². The molecule has 0 N–H and O–H groups in total. The monoisotopic (exact) mass is 887 g/mol. The Morgan fingerprint density at radius 1 is 0.375 bits per heavy atom. The Labute approximate surface area is 395 Å². The summed E-state index contributed by atoms with van der Waals surface area (Å²) in [5.74, 6) is -0.582. The second-order valence-electron chi connectivity index (χ2n) is 17.0. The van der Waals surface area contributed by atoms with E-state index in [0.29, 0.717) is 13.0 Å². The summed E-state index contributed by atoms with van der Waals surface area (Å²) in [5.41, 5.74) is 0. The van der Waals surface area contributed by atoms with Crippen molar-refractivity contribution in [3.63, 3.8) is 0 Å². The smallest absolute Gasteiger partial charge is 0.309 e. The van der Waals surface area contributed by atoms with E-state index in [2.05, 4.69) is 118 Å². The van der Waals surface area contributed by atoms with E-state index in [-0.39, 0.29) is 31.6 Å². The largest absolute Gasteiger partial charge is 0.461 e. The highest BCUT2D eigenvalue weighted by Gasteiger charge is 2.17. The van der Waals surface area contributed by atoms with Crippen molar-refractivity contribution in [3.05, 3.63) is 109 Å². The van der Waals surface area contributed by atoms with Crippen molar-refractivity contribution in [3.8, 4) is 0 Å². The fourth-order valence-electron chi connectivity index (χ4n) is 6.94. The molecule has 0 saturated carbocycles.